The molecule has 2 rings (SSSR count). The van der Waals surface area contributed by atoms with Crippen LogP contribution in [0.15, 0.2) is 48.5 Å². The van der Waals surface area contributed by atoms with Crippen molar-refractivity contribution < 1.29 is 4.92 Å². The zero-order valence-electron chi connectivity index (χ0n) is 11.8. The molecule has 0 spiro atoms. The molecule has 1 atom stereocenters. The van der Waals surface area contributed by atoms with E-state index in [1.165, 1.54) is 6.07 Å². The van der Waals surface area contributed by atoms with Gasteiger partial charge in [-0.3, -0.25) is 10.1 Å². The summed E-state index contributed by atoms with van der Waals surface area (Å²) in [6.07, 6.45) is 0.620. The molecule has 0 aliphatic rings. The minimum absolute atomic E-state index is 0.171. The third-order valence-electron chi connectivity index (χ3n) is 3.40. The van der Waals surface area contributed by atoms with Gasteiger partial charge in [0.25, 0.3) is 5.69 Å². The SMILES string of the molecule is CC(NCCc1ccccc1[N+](=O)[O-])c1ccc(Cl)cc1. The van der Waals surface area contributed by atoms with Crippen LogP contribution in [0.25, 0.3) is 0 Å². The molecule has 0 aliphatic heterocycles. The molecule has 0 aromatic heterocycles. The lowest BCUT2D eigenvalue weighted by Gasteiger charge is -2.14. The van der Waals surface area contributed by atoms with Crippen molar-refractivity contribution >= 4 is 17.3 Å². The number of hydrogen-bond donors (Lipinski definition) is 1. The first-order valence-electron chi connectivity index (χ1n) is 6.79. The lowest BCUT2D eigenvalue weighted by Crippen LogP contribution is -2.21. The fourth-order valence-electron chi connectivity index (χ4n) is 2.19. The van der Waals surface area contributed by atoms with Crippen LogP contribution in [0.5, 0.6) is 0 Å². The van der Waals surface area contributed by atoms with E-state index in [9.17, 15) is 10.1 Å². The quantitative estimate of drug-likeness (QED) is 0.644. The van der Waals surface area contributed by atoms with E-state index in [1.54, 1.807) is 12.1 Å². The van der Waals surface area contributed by atoms with Crippen LogP contribution in [0.4, 0.5) is 5.69 Å². The normalized spacial score (nSPS) is 12.1. The molecule has 2 aromatic rings. The first-order valence-corrected chi connectivity index (χ1v) is 7.17. The van der Waals surface area contributed by atoms with Gasteiger partial charge in [-0.25, -0.2) is 0 Å². The van der Waals surface area contributed by atoms with E-state index in [-0.39, 0.29) is 16.7 Å². The van der Waals surface area contributed by atoms with E-state index in [0.717, 1.165) is 11.1 Å². The minimum atomic E-state index is -0.335. The van der Waals surface area contributed by atoms with Crippen molar-refractivity contribution in [2.75, 3.05) is 6.54 Å². The summed E-state index contributed by atoms with van der Waals surface area (Å²) in [7, 11) is 0. The zero-order valence-corrected chi connectivity index (χ0v) is 12.5. The number of halogens is 1. The van der Waals surface area contributed by atoms with E-state index in [0.29, 0.717) is 18.0 Å². The van der Waals surface area contributed by atoms with Crippen LogP contribution in [0.1, 0.15) is 24.1 Å². The van der Waals surface area contributed by atoms with Gasteiger partial charge in [-0.2, -0.15) is 0 Å². The first kappa shape index (κ1) is 15.5. The molecule has 0 fully saturated rings. The summed E-state index contributed by atoms with van der Waals surface area (Å²) in [5.41, 5.74) is 2.07. The number of hydrogen-bond acceptors (Lipinski definition) is 3. The van der Waals surface area contributed by atoms with Gasteiger partial charge in [0.1, 0.15) is 0 Å². The van der Waals surface area contributed by atoms with Crippen LogP contribution in [-0.2, 0) is 6.42 Å². The van der Waals surface area contributed by atoms with E-state index < -0.39 is 0 Å². The standard InChI is InChI=1S/C16H17ClN2O2/c1-12(13-6-8-15(17)9-7-13)18-11-10-14-4-2-3-5-16(14)19(20)21/h2-9,12,18H,10-11H2,1H3. The van der Waals surface area contributed by atoms with Crippen LogP contribution in [0.3, 0.4) is 0 Å². The van der Waals surface area contributed by atoms with Crippen molar-refractivity contribution in [3.8, 4) is 0 Å². The number of nitro groups is 1. The predicted molar refractivity (Wildman–Crippen MR) is 84.7 cm³/mol. The van der Waals surface area contributed by atoms with Gasteiger partial charge in [-0.15, -0.1) is 0 Å². The largest absolute Gasteiger partial charge is 0.310 e. The van der Waals surface area contributed by atoms with Crippen molar-refractivity contribution in [2.24, 2.45) is 0 Å². The van der Waals surface area contributed by atoms with Gasteiger partial charge in [0.2, 0.25) is 0 Å². The summed E-state index contributed by atoms with van der Waals surface area (Å²) >= 11 is 5.86. The van der Waals surface area contributed by atoms with Crippen molar-refractivity contribution in [3.63, 3.8) is 0 Å². The van der Waals surface area contributed by atoms with Crippen molar-refractivity contribution in [2.45, 2.75) is 19.4 Å². The topological polar surface area (TPSA) is 55.2 Å². The van der Waals surface area contributed by atoms with E-state index in [1.807, 2.05) is 30.3 Å². The summed E-state index contributed by atoms with van der Waals surface area (Å²) < 4.78 is 0. The number of nitrogens with one attached hydrogen (secondary N) is 1. The summed E-state index contributed by atoms with van der Waals surface area (Å²) in [5, 5.41) is 15.0. The summed E-state index contributed by atoms with van der Waals surface area (Å²) in [6.45, 7) is 2.73. The highest BCUT2D eigenvalue weighted by Gasteiger charge is 2.12. The fraction of sp³-hybridized carbons (Fsp3) is 0.250. The Morgan fingerprint density at radius 2 is 1.86 bits per heavy atom. The Morgan fingerprint density at radius 1 is 1.19 bits per heavy atom. The molecule has 4 nitrogen and oxygen atoms in total. The summed E-state index contributed by atoms with van der Waals surface area (Å²) in [6, 6.07) is 14.7. The molecule has 21 heavy (non-hydrogen) atoms. The molecule has 2 aromatic carbocycles. The van der Waals surface area contributed by atoms with Crippen LogP contribution >= 0.6 is 11.6 Å². The first-order chi connectivity index (χ1) is 10.1. The molecule has 0 radical (unpaired) electrons. The molecule has 0 bridgehead atoms. The molecule has 0 amide bonds. The molecule has 1 unspecified atom stereocenters. The van der Waals surface area contributed by atoms with E-state index >= 15 is 0 Å². The Balaban J connectivity index is 1.92. The van der Waals surface area contributed by atoms with Crippen LogP contribution in [0, 0.1) is 10.1 Å². The lowest BCUT2D eigenvalue weighted by atomic mass is 10.1. The fourth-order valence-corrected chi connectivity index (χ4v) is 2.32. The smallest absolute Gasteiger partial charge is 0.272 e. The Hall–Kier alpha value is -1.91. The number of rotatable bonds is 6. The highest BCUT2D eigenvalue weighted by Crippen LogP contribution is 2.19. The number of nitrogens with zero attached hydrogens (tertiary/aromatic N) is 1. The van der Waals surface area contributed by atoms with Crippen molar-refractivity contribution in [1.82, 2.24) is 5.32 Å². The number of para-hydroxylation sites is 1. The van der Waals surface area contributed by atoms with Crippen molar-refractivity contribution in [1.29, 1.82) is 0 Å². The molecule has 5 heteroatoms. The van der Waals surface area contributed by atoms with Gasteiger partial charge in [-0.1, -0.05) is 41.9 Å². The monoisotopic (exact) mass is 304 g/mol. The highest BCUT2D eigenvalue weighted by atomic mass is 35.5. The molecule has 110 valence electrons. The maximum atomic E-state index is 10.9. The molecule has 0 heterocycles. The third kappa shape index (κ3) is 4.28. The second kappa shape index (κ2) is 7.20. The van der Waals surface area contributed by atoms with Crippen molar-refractivity contribution in [3.05, 3.63) is 74.8 Å². The zero-order chi connectivity index (χ0) is 15.2. The summed E-state index contributed by atoms with van der Waals surface area (Å²) in [5.74, 6) is 0. The summed E-state index contributed by atoms with van der Waals surface area (Å²) in [4.78, 5) is 10.6. The average Bonchev–Trinajstić information content (AvgIpc) is 2.48. The van der Waals surface area contributed by atoms with Gasteiger partial charge in [0.15, 0.2) is 0 Å². The van der Waals surface area contributed by atoms with Gasteiger partial charge in [-0.05, 0) is 37.6 Å². The molecule has 1 N–H and O–H groups in total. The molecule has 0 saturated heterocycles. The molecular formula is C16H17ClN2O2. The predicted octanol–water partition coefficient (Wildman–Crippen LogP) is 4.14. The van der Waals surface area contributed by atoms with Crippen LogP contribution in [0.2, 0.25) is 5.02 Å². The Labute approximate surface area is 128 Å². The Kier molecular flexibility index (Phi) is 5.31. The lowest BCUT2D eigenvalue weighted by molar-refractivity contribution is -0.385. The third-order valence-corrected chi connectivity index (χ3v) is 3.66. The highest BCUT2D eigenvalue weighted by molar-refractivity contribution is 6.30. The average molecular weight is 305 g/mol. The second-order valence-electron chi connectivity index (χ2n) is 4.86. The molecule has 0 saturated carbocycles. The maximum absolute atomic E-state index is 10.9. The van der Waals surface area contributed by atoms with E-state index in [4.69, 9.17) is 11.6 Å². The number of benzene rings is 2. The Bertz CT molecular complexity index is 614. The van der Waals surface area contributed by atoms with Crippen LogP contribution in [-0.4, -0.2) is 11.5 Å². The second-order valence-corrected chi connectivity index (χ2v) is 5.30. The van der Waals surface area contributed by atoms with Gasteiger partial charge in [0.05, 0.1) is 4.92 Å². The number of nitro benzene ring substituents is 1. The maximum Gasteiger partial charge on any atom is 0.272 e. The molecule has 0 aliphatic carbocycles. The van der Waals surface area contributed by atoms with E-state index in [2.05, 4.69) is 12.2 Å². The van der Waals surface area contributed by atoms with Gasteiger partial charge < -0.3 is 5.32 Å². The van der Waals surface area contributed by atoms with Gasteiger partial charge >= 0.3 is 0 Å². The minimum Gasteiger partial charge on any atom is -0.310 e. The molecular weight excluding hydrogens is 288 g/mol. The van der Waals surface area contributed by atoms with Crippen LogP contribution < -0.4 is 5.32 Å². The van der Waals surface area contributed by atoms with Gasteiger partial charge in [0, 0.05) is 22.7 Å². The Morgan fingerprint density at radius 3 is 2.52 bits per heavy atom.